The number of carbonyl (C=O) groups excluding carboxylic acids is 1. The van der Waals surface area contributed by atoms with Gasteiger partial charge in [0, 0.05) is 18.5 Å². The van der Waals surface area contributed by atoms with Crippen molar-refractivity contribution in [2.45, 2.75) is 19.4 Å². The second kappa shape index (κ2) is 6.26. The lowest BCUT2D eigenvalue weighted by atomic mass is 10.2. The minimum absolute atomic E-state index is 0.172. The summed E-state index contributed by atoms with van der Waals surface area (Å²) in [6, 6.07) is 5.84. The molecule has 0 saturated carbocycles. The van der Waals surface area contributed by atoms with Gasteiger partial charge >= 0.3 is 5.97 Å². The first-order valence-electron chi connectivity index (χ1n) is 5.96. The third-order valence-electron chi connectivity index (χ3n) is 2.76. The van der Waals surface area contributed by atoms with Crippen molar-refractivity contribution in [2.24, 2.45) is 0 Å². The van der Waals surface area contributed by atoms with E-state index in [1.165, 1.54) is 7.11 Å². The summed E-state index contributed by atoms with van der Waals surface area (Å²) in [5.74, 6) is 1.44. The van der Waals surface area contributed by atoms with E-state index in [9.17, 15) is 4.79 Å². The highest BCUT2D eigenvalue weighted by molar-refractivity contribution is 5.69. The third-order valence-corrected chi connectivity index (χ3v) is 2.76. The number of fused-ring (bicyclic) bond motifs is 1. The molecule has 0 radical (unpaired) electrons. The van der Waals surface area contributed by atoms with E-state index in [0.29, 0.717) is 13.0 Å². The SMILES string of the molecule is COC(=O)CCCNCc1cccc2c1OCO2. The Hall–Kier alpha value is -1.75. The minimum atomic E-state index is -0.172. The molecule has 1 N–H and O–H groups in total. The number of ether oxygens (including phenoxy) is 3. The van der Waals surface area contributed by atoms with Crippen LogP contribution >= 0.6 is 0 Å². The fourth-order valence-corrected chi connectivity index (χ4v) is 1.81. The lowest BCUT2D eigenvalue weighted by Gasteiger charge is -2.07. The molecule has 1 aliphatic rings. The van der Waals surface area contributed by atoms with Crippen LogP contribution in [0.25, 0.3) is 0 Å². The average Bonchev–Trinajstić information content (AvgIpc) is 2.87. The number of carbonyl (C=O) groups is 1. The van der Waals surface area contributed by atoms with Crippen LogP contribution in [-0.4, -0.2) is 26.4 Å². The van der Waals surface area contributed by atoms with E-state index in [4.69, 9.17) is 9.47 Å². The van der Waals surface area contributed by atoms with Crippen LogP contribution in [0, 0.1) is 0 Å². The maximum absolute atomic E-state index is 10.9. The van der Waals surface area contributed by atoms with Crippen molar-refractivity contribution in [1.82, 2.24) is 5.32 Å². The highest BCUT2D eigenvalue weighted by Crippen LogP contribution is 2.35. The van der Waals surface area contributed by atoms with Crippen LogP contribution in [0.2, 0.25) is 0 Å². The lowest BCUT2D eigenvalue weighted by Crippen LogP contribution is -2.16. The van der Waals surface area contributed by atoms with Crippen molar-refractivity contribution in [3.63, 3.8) is 0 Å². The molecule has 0 fully saturated rings. The normalized spacial score (nSPS) is 12.5. The van der Waals surface area contributed by atoms with Crippen LogP contribution in [0.4, 0.5) is 0 Å². The van der Waals surface area contributed by atoms with E-state index < -0.39 is 0 Å². The van der Waals surface area contributed by atoms with Gasteiger partial charge in [-0.15, -0.1) is 0 Å². The zero-order valence-corrected chi connectivity index (χ0v) is 10.4. The Kier molecular flexibility index (Phi) is 4.41. The maximum atomic E-state index is 10.9. The fourth-order valence-electron chi connectivity index (χ4n) is 1.81. The van der Waals surface area contributed by atoms with E-state index in [1.54, 1.807) is 0 Å². The molecule has 0 aromatic heterocycles. The van der Waals surface area contributed by atoms with Crippen LogP contribution in [0.5, 0.6) is 11.5 Å². The standard InChI is InChI=1S/C13H17NO4/c1-16-12(15)6-3-7-14-8-10-4-2-5-11-13(10)18-9-17-11/h2,4-5,14H,3,6-9H2,1H3. The molecule has 0 spiro atoms. The van der Waals surface area contributed by atoms with E-state index >= 15 is 0 Å². The van der Waals surface area contributed by atoms with Gasteiger partial charge in [-0.25, -0.2) is 0 Å². The fraction of sp³-hybridized carbons (Fsp3) is 0.462. The summed E-state index contributed by atoms with van der Waals surface area (Å²) < 4.78 is 15.3. The molecule has 98 valence electrons. The van der Waals surface area contributed by atoms with Gasteiger partial charge in [0.15, 0.2) is 11.5 Å². The second-order valence-corrected chi connectivity index (χ2v) is 4.01. The van der Waals surface area contributed by atoms with Crippen LogP contribution in [0.3, 0.4) is 0 Å². The number of para-hydroxylation sites is 1. The van der Waals surface area contributed by atoms with Gasteiger partial charge in [-0.2, -0.15) is 0 Å². The van der Waals surface area contributed by atoms with Gasteiger partial charge in [0.2, 0.25) is 6.79 Å². The van der Waals surface area contributed by atoms with Gasteiger partial charge in [0.25, 0.3) is 0 Å². The number of benzene rings is 1. The Morgan fingerprint density at radius 2 is 2.33 bits per heavy atom. The van der Waals surface area contributed by atoms with Crippen LogP contribution < -0.4 is 14.8 Å². The maximum Gasteiger partial charge on any atom is 0.305 e. The largest absolute Gasteiger partial charge is 0.469 e. The van der Waals surface area contributed by atoms with Crippen molar-refractivity contribution >= 4 is 5.97 Å². The van der Waals surface area contributed by atoms with Crippen LogP contribution in [-0.2, 0) is 16.1 Å². The molecule has 0 amide bonds. The van der Waals surface area contributed by atoms with Crippen LogP contribution in [0.15, 0.2) is 18.2 Å². The quantitative estimate of drug-likeness (QED) is 0.612. The Morgan fingerprint density at radius 1 is 1.44 bits per heavy atom. The molecule has 2 rings (SSSR count). The predicted molar refractivity (Wildman–Crippen MR) is 65.5 cm³/mol. The average molecular weight is 251 g/mol. The summed E-state index contributed by atoms with van der Waals surface area (Å²) in [6.45, 7) is 1.75. The van der Waals surface area contributed by atoms with Gasteiger partial charge in [0.1, 0.15) is 0 Å². The Morgan fingerprint density at radius 3 is 3.17 bits per heavy atom. The molecule has 0 aliphatic carbocycles. The molecular weight excluding hydrogens is 234 g/mol. The van der Waals surface area contributed by atoms with Gasteiger partial charge in [-0.05, 0) is 19.0 Å². The van der Waals surface area contributed by atoms with Crippen molar-refractivity contribution < 1.29 is 19.0 Å². The topological polar surface area (TPSA) is 56.8 Å². The molecule has 5 nitrogen and oxygen atoms in total. The van der Waals surface area contributed by atoms with Crippen LogP contribution in [0.1, 0.15) is 18.4 Å². The van der Waals surface area contributed by atoms with E-state index in [1.807, 2.05) is 18.2 Å². The number of nitrogens with one attached hydrogen (secondary N) is 1. The lowest BCUT2D eigenvalue weighted by molar-refractivity contribution is -0.140. The van der Waals surface area contributed by atoms with E-state index in [2.05, 4.69) is 10.1 Å². The molecule has 1 heterocycles. The summed E-state index contributed by atoms with van der Waals surface area (Å²) in [5, 5.41) is 3.27. The zero-order valence-electron chi connectivity index (χ0n) is 10.4. The van der Waals surface area contributed by atoms with Gasteiger partial charge in [-0.1, -0.05) is 12.1 Å². The molecule has 1 aromatic carbocycles. The van der Waals surface area contributed by atoms with Crippen molar-refractivity contribution in [3.8, 4) is 11.5 Å². The molecule has 0 atom stereocenters. The summed E-state index contributed by atoms with van der Waals surface area (Å²) in [7, 11) is 1.40. The summed E-state index contributed by atoms with van der Waals surface area (Å²) >= 11 is 0. The number of hydrogen-bond acceptors (Lipinski definition) is 5. The van der Waals surface area contributed by atoms with E-state index in [0.717, 1.165) is 30.0 Å². The molecule has 1 aliphatic heterocycles. The number of esters is 1. The van der Waals surface area contributed by atoms with Crippen molar-refractivity contribution in [2.75, 3.05) is 20.4 Å². The molecule has 0 bridgehead atoms. The highest BCUT2D eigenvalue weighted by Gasteiger charge is 2.16. The Bertz CT molecular complexity index is 419. The first-order chi connectivity index (χ1) is 8.81. The van der Waals surface area contributed by atoms with E-state index in [-0.39, 0.29) is 12.8 Å². The second-order valence-electron chi connectivity index (χ2n) is 4.01. The molecule has 0 saturated heterocycles. The Labute approximate surface area is 106 Å². The summed E-state index contributed by atoms with van der Waals surface area (Å²) in [5.41, 5.74) is 1.07. The summed E-state index contributed by atoms with van der Waals surface area (Å²) in [4.78, 5) is 10.9. The first kappa shape index (κ1) is 12.7. The molecule has 0 unspecified atom stereocenters. The number of rotatable bonds is 6. The van der Waals surface area contributed by atoms with Crippen molar-refractivity contribution in [1.29, 1.82) is 0 Å². The third kappa shape index (κ3) is 3.13. The van der Waals surface area contributed by atoms with Gasteiger partial charge < -0.3 is 19.5 Å². The minimum Gasteiger partial charge on any atom is -0.469 e. The number of methoxy groups -OCH3 is 1. The highest BCUT2D eigenvalue weighted by atomic mass is 16.7. The van der Waals surface area contributed by atoms with Crippen molar-refractivity contribution in [3.05, 3.63) is 23.8 Å². The first-order valence-corrected chi connectivity index (χ1v) is 5.96. The van der Waals surface area contributed by atoms with Gasteiger partial charge in [-0.3, -0.25) is 4.79 Å². The molecule has 5 heteroatoms. The summed E-state index contributed by atoms with van der Waals surface area (Å²) in [6.07, 6.45) is 1.20. The van der Waals surface area contributed by atoms with Gasteiger partial charge in [0.05, 0.1) is 7.11 Å². The Balaban J connectivity index is 1.74. The smallest absolute Gasteiger partial charge is 0.305 e. The molecule has 1 aromatic rings. The monoisotopic (exact) mass is 251 g/mol. The molecular formula is C13H17NO4. The zero-order chi connectivity index (χ0) is 12.8. The number of hydrogen-bond donors (Lipinski definition) is 1. The predicted octanol–water partition coefficient (Wildman–Crippen LogP) is 1.46. The molecule has 18 heavy (non-hydrogen) atoms.